The van der Waals surface area contributed by atoms with Gasteiger partial charge < -0.3 is 5.32 Å². The molecule has 1 N–H and O–H groups in total. The minimum Gasteiger partial charge on any atom is -0.309 e. The van der Waals surface area contributed by atoms with Gasteiger partial charge in [-0.3, -0.25) is 0 Å². The van der Waals surface area contributed by atoms with Crippen molar-refractivity contribution in [1.82, 2.24) is 5.32 Å². The van der Waals surface area contributed by atoms with E-state index >= 15 is 0 Å². The first-order valence-corrected chi connectivity index (χ1v) is 9.22. The molecule has 0 saturated heterocycles. The maximum Gasteiger partial charge on any atom is 0.0386 e. The number of benzene rings is 3. The molecule has 1 heteroatoms. The van der Waals surface area contributed by atoms with Gasteiger partial charge in [-0.25, -0.2) is 0 Å². The molecule has 0 spiro atoms. The molecule has 3 rings (SSSR count). The molecule has 3 aromatic carbocycles. The Labute approximate surface area is 151 Å². The molecular weight excluding hydrogens is 302 g/mol. The van der Waals surface area contributed by atoms with E-state index < -0.39 is 0 Å². The van der Waals surface area contributed by atoms with Crippen LogP contribution in [0, 0.1) is 0 Å². The Morgan fingerprint density at radius 3 is 1.80 bits per heavy atom. The van der Waals surface area contributed by atoms with E-state index in [9.17, 15) is 0 Å². The molecule has 0 aliphatic rings. The van der Waals surface area contributed by atoms with E-state index in [1.165, 1.54) is 16.7 Å². The van der Waals surface area contributed by atoms with Gasteiger partial charge in [0.05, 0.1) is 0 Å². The van der Waals surface area contributed by atoms with Crippen molar-refractivity contribution in [3.63, 3.8) is 0 Å². The van der Waals surface area contributed by atoms with Crippen LogP contribution in [0.4, 0.5) is 0 Å². The highest BCUT2D eigenvalue weighted by molar-refractivity contribution is 5.27. The molecule has 2 atom stereocenters. The predicted molar refractivity (Wildman–Crippen MR) is 107 cm³/mol. The zero-order valence-corrected chi connectivity index (χ0v) is 14.9. The molecular formula is C24H27N. The van der Waals surface area contributed by atoms with Crippen LogP contribution in [0.5, 0.6) is 0 Å². The Hall–Kier alpha value is -2.38. The Balaban J connectivity index is 1.65. The fraction of sp³-hybridized carbons (Fsp3) is 0.250. The number of hydrogen-bond donors (Lipinski definition) is 1. The van der Waals surface area contributed by atoms with Crippen molar-refractivity contribution in [3.05, 3.63) is 108 Å². The van der Waals surface area contributed by atoms with Crippen molar-refractivity contribution in [2.24, 2.45) is 0 Å². The summed E-state index contributed by atoms with van der Waals surface area (Å²) in [6, 6.07) is 32.7. The molecule has 0 fully saturated rings. The van der Waals surface area contributed by atoms with E-state index in [1.54, 1.807) is 0 Å². The second-order valence-corrected chi connectivity index (χ2v) is 6.63. The zero-order valence-electron chi connectivity index (χ0n) is 14.9. The van der Waals surface area contributed by atoms with Crippen LogP contribution >= 0.6 is 0 Å². The normalized spacial score (nSPS) is 13.3. The van der Waals surface area contributed by atoms with Gasteiger partial charge in [0, 0.05) is 12.0 Å². The van der Waals surface area contributed by atoms with Gasteiger partial charge in [0.15, 0.2) is 0 Å². The predicted octanol–water partition coefficient (Wildman–Crippen LogP) is 5.75. The summed E-state index contributed by atoms with van der Waals surface area (Å²) in [7, 11) is 0. The fourth-order valence-electron chi connectivity index (χ4n) is 3.39. The van der Waals surface area contributed by atoms with E-state index in [4.69, 9.17) is 0 Å². The Bertz CT molecular complexity index is 722. The zero-order chi connectivity index (χ0) is 17.3. The van der Waals surface area contributed by atoms with Gasteiger partial charge in [-0.15, -0.1) is 0 Å². The quantitative estimate of drug-likeness (QED) is 0.519. The van der Waals surface area contributed by atoms with Crippen LogP contribution in [0.15, 0.2) is 91.0 Å². The SMILES string of the molecule is C[C@H](c1ccccc1)[C@H](NCCCc1ccccc1)c1ccccc1. The van der Waals surface area contributed by atoms with Crippen molar-refractivity contribution < 1.29 is 0 Å². The molecule has 1 nitrogen and oxygen atoms in total. The highest BCUT2D eigenvalue weighted by atomic mass is 14.9. The van der Waals surface area contributed by atoms with E-state index in [0.717, 1.165) is 19.4 Å². The summed E-state index contributed by atoms with van der Waals surface area (Å²) in [6.45, 7) is 3.34. The van der Waals surface area contributed by atoms with Crippen LogP contribution in [0.25, 0.3) is 0 Å². The molecule has 0 aromatic heterocycles. The summed E-state index contributed by atoms with van der Waals surface area (Å²) < 4.78 is 0. The van der Waals surface area contributed by atoms with E-state index in [1.807, 2.05) is 0 Å². The van der Waals surface area contributed by atoms with Crippen LogP contribution in [-0.2, 0) is 6.42 Å². The maximum absolute atomic E-state index is 3.80. The third-order valence-electron chi connectivity index (χ3n) is 4.83. The standard InChI is InChI=1S/C24H27N/c1-20(22-15-7-3-8-16-22)24(23-17-9-4-10-18-23)25-19-11-14-21-12-5-2-6-13-21/h2-10,12-13,15-18,20,24-25H,11,14,19H2,1H3/t20-,24+/m1/s1. The Morgan fingerprint density at radius 2 is 1.20 bits per heavy atom. The van der Waals surface area contributed by atoms with Gasteiger partial charge in [0.2, 0.25) is 0 Å². The van der Waals surface area contributed by atoms with Crippen molar-refractivity contribution in [3.8, 4) is 0 Å². The number of hydrogen-bond acceptors (Lipinski definition) is 1. The summed E-state index contributed by atoms with van der Waals surface area (Å²) in [4.78, 5) is 0. The minimum atomic E-state index is 0.333. The van der Waals surface area contributed by atoms with Crippen LogP contribution in [0.2, 0.25) is 0 Å². The molecule has 0 unspecified atom stereocenters. The average molecular weight is 329 g/mol. The van der Waals surface area contributed by atoms with Gasteiger partial charge in [0.1, 0.15) is 0 Å². The topological polar surface area (TPSA) is 12.0 Å². The van der Waals surface area contributed by atoms with Gasteiger partial charge >= 0.3 is 0 Å². The first-order chi connectivity index (χ1) is 12.3. The smallest absolute Gasteiger partial charge is 0.0386 e. The molecule has 3 aromatic rings. The lowest BCUT2D eigenvalue weighted by Gasteiger charge is -2.26. The Kier molecular flexibility index (Phi) is 6.42. The van der Waals surface area contributed by atoms with Crippen LogP contribution in [0.1, 0.15) is 42.0 Å². The van der Waals surface area contributed by atoms with Gasteiger partial charge in [-0.05, 0) is 36.1 Å². The molecule has 0 radical (unpaired) electrons. The van der Waals surface area contributed by atoms with Crippen molar-refractivity contribution in [2.45, 2.75) is 31.7 Å². The second kappa shape index (κ2) is 9.19. The van der Waals surface area contributed by atoms with Crippen LogP contribution < -0.4 is 5.32 Å². The molecule has 0 aliphatic heterocycles. The largest absolute Gasteiger partial charge is 0.309 e. The third-order valence-corrected chi connectivity index (χ3v) is 4.83. The number of nitrogens with one attached hydrogen (secondary N) is 1. The van der Waals surface area contributed by atoms with Crippen molar-refractivity contribution >= 4 is 0 Å². The summed E-state index contributed by atoms with van der Waals surface area (Å²) >= 11 is 0. The fourth-order valence-corrected chi connectivity index (χ4v) is 3.39. The summed E-state index contributed by atoms with van der Waals surface area (Å²) in [5.41, 5.74) is 4.15. The molecule has 0 saturated carbocycles. The van der Waals surface area contributed by atoms with E-state index in [2.05, 4.69) is 103 Å². The van der Waals surface area contributed by atoms with Crippen molar-refractivity contribution in [1.29, 1.82) is 0 Å². The van der Waals surface area contributed by atoms with Crippen LogP contribution in [-0.4, -0.2) is 6.54 Å². The molecule has 0 heterocycles. The lowest BCUT2D eigenvalue weighted by Crippen LogP contribution is -2.27. The highest BCUT2D eigenvalue weighted by Crippen LogP contribution is 2.30. The number of rotatable bonds is 8. The lowest BCUT2D eigenvalue weighted by atomic mass is 9.88. The van der Waals surface area contributed by atoms with Gasteiger partial charge in [-0.2, -0.15) is 0 Å². The van der Waals surface area contributed by atoms with E-state index in [0.29, 0.717) is 12.0 Å². The maximum atomic E-state index is 3.80. The summed E-state index contributed by atoms with van der Waals surface area (Å²) in [5.74, 6) is 0.431. The van der Waals surface area contributed by atoms with E-state index in [-0.39, 0.29) is 0 Å². The first-order valence-electron chi connectivity index (χ1n) is 9.22. The van der Waals surface area contributed by atoms with Crippen molar-refractivity contribution in [2.75, 3.05) is 6.54 Å². The average Bonchev–Trinajstić information content (AvgIpc) is 2.70. The highest BCUT2D eigenvalue weighted by Gasteiger charge is 2.19. The molecule has 25 heavy (non-hydrogen) atoms. The monoisotopic (exact) mass is 329 g/mol. The molecule has 0 bridgehead atoms. The number of aryl methyl sites for hydroxylation is 1. The Morgan fingerprint density at radius 1 is 0.680 bits per heavy atom. The third kappa shape index (κ3) is 5.04. The summed E-state index contributed by atoms with van der Waals surface area (Å²) in [5, 5.41) is 3.80. The molecule has 0 aliphatic carbocycles. The second-order valence-electron chi connectivity index (χ2n) is 6.63. The molecule has 0 amide bonds. The molecule has 128 valence electrons. The summed E-state index contributed by atoms with van der Waals surface area (Å²) in [6.07, 6.45) is 2.27. The first kappa shape index (κ1) is 17.4. The van der Waals surface area contributed by atoms with Gasteiger partial charge in [0.25, 0.3) is 0 Å². The lowest BCUT2D eigenvalue weighted by molar-refractivity contribution is 0.461. The van der Waals surface area contributed by atoms with Crippen LogP contribution in [0.3, 0.4) is 0 Å². The minimum absolute atomic E-state index is 0.333. The van der Waals surface area contributed by atoms with Gasteiger partial charge in [-0.1, -0.05) is 97.9 Å².